The zero-order valence-corrected chi connectivity index (χ0v) is 13.5. The summed E-state index contributed by atoms with van der Waals surface area (Å²) in [5.41, 5.74) is 2.96. The van der Waals surface area contributed by atoms with Crippen LogP contribution in [0.4, 0.5) is 17.5 Å². The Hall–Kier alpha value is -3.22. The van der Waals surface area contributed by atoms with E-state index in [0.29, 0.717) is 18.3 Å². The summed E-state index contributed by atoms with van der Waals surface area (Å²) in [6.07, 6.45) is 5.13. The fourth-order valence-corrected chi connectivity index (χ4v) is 2.18. The molecule has 2 heterocycles. The molecule has 0 amide bonds. The molecule has 0 spiro atoms. The summed E-state index contributed by atoms with van der Waals surface area (Å²) >= 11 is 0. The van der Waals surface area contributed by atoms with E-state index >= 15 is 0 Å². The lowest BCUT2D eigenvalue weighted by Gasteiger charge is -2.11. The van der Waals surface area contributed by atoms with E-state index in [-0.39, 0.29) is 0 Å². The molecule has 7 heteroatoms. The maximum atomic E-state index is 5.35. The van der Waals surface area contributed by atoms with Crippen molar-refractivity contribution in [3.05, 3.63) is 60.0 Å². The van der Waals surface area contributed by atoms with Crippen molar-refractivity contribution in [1.82, 2.24) is 20.2 Å². The number of anilines is 3. The van der Waals surface area contributed by atoms with Crippen molar-refractivity contribution in [2.75, 3.05) is 17.7 Å². The Kier molecular flexibility index (Phi) is 4.81. The summed E-state index contributed by atoms with van der Waals surface area (Å²) in [5.74, 6) is 1.75. The van der Waals surface area contributed by atoms with E-state index in [0.717, 1.165) is 22.6 Å². The van der Waals surface area contributed by atoms with Crippen molar-refractivity contribution in [1.29, 1.82) is 0 Å². The molecule has 0 bridgehead atoms. The first-order valence-corrected chi connectivity index (χ1v) is 7.49. The molecule has 0 aliphatic heterocycles. The second kappa shape index (κ2) is 7.36. The molecule has 0 aliphatic carbocycles. The molecule has 0 aliphatic rings. The molecule has 0 radical (unpaired) electrons. The van der Waals surface area contributed by atoms with E-state index in [9.17, 15) is 0 Å². The number of nitrogens with one attached hydrogen (secondary N) is 2. The summed E-state index contributed by atoms with van der Waals surface area (Å²) in [6.45, 7) is 2.62. The molecule has 0 unspecified atom stereocenters. The van der Waals surface area contributed by atoms with Crippen LogP contribution in [-0.2, 0) is 6.54 Å². The van der Waals surface area contributed by atoms with Crippen molar-refractivity contribution in [2.24, 2.45) is 0 Å². The minimum absolute atomic E-state index is 0.398. The van der Waals surface area contributed by atoms with E-state index < -0.39 is 0 Å². The van der Waals surface area contributed by atoms with Gasteiger partial charge in [0.25, 0.3) is 0 Å². The van der Waals surface area contributed by atoms with E-state index in [1.54, 1.807) is 25.7 Å². The van der Waals surface area contributed by atoms with Crippen LogP contribution in [-0.4, -0.2) is 27.3 Å². The van der Waals surface area contributed by atoms with Gasteiger partial charge < -0.3 is 15.4 Å². The lowest BCUT2D eigenvalue weighted by atomic mass is 10.2. The van der Waals surface area contributed by atoms with Gasteiger partial charge in [0.1, 0.15) is 5.75 Å². The van der Waals surface area contributed by atoms with E-state index in [2.05, 4.69) is 30.8 Å². The fourth-order valence-electron chi connectivity index (χ4n) is 2.18. The van der Waals surface area contributed by atoms with Crippen molar-refractivity contribution in [3.63, 3.8) is 0 Å². The molecular formula is C17H18N6O. The topological polar surface area (TPSA) is 84.9 Å². The van der Waals surface area contributed by atoms with Crippen LogP contribution in [0.5, 0.6) is 5.75 Å². The Labute approximate surface area is 140 Å². The van der Waals surface area contributed by atoms with Crippen LogP contribution < -0.4 is 15.4 Å². The molecule has 0 saturated carbocycles. The van der Waals surface area contributed by atoms with Crippen LogP contribution in [0.1, 0.15) is 11.1 Å². The number of aromatic nitrogens is 4. The molecule has 122 valence electrons. The minimum Gasteiger partial charge on any atom is -0.495 e. The monoisotopic (exact) mass is 322 g/mol. The van der Waals surface area contributed by atoms with Gasteiger partial charge in [0.2, 0.25) is 5.95 Å². The Morgan fingerprint density at radius 1 is 1.17 bits per heavy atom. The number of hydrogen-bond donors (Lipinski definition) is 2. The number of rotatable bonds is 6. The van der Waals surface area contributed by atoms with Gasteiger partial charge in [0.15, 0.2) is 5.82 Å². The number of pyridine rings is 1. The van der Waals surface area contributed by atoms with Gasteiger partial charge in [-0.05, 0) is 36.2 Å². The Morgan fingerprint density at radius 2 is 2.08 bits per heavy atom. The summed E-state index contributed by atoms with van der Waals surface area (Å²) in [5, 5.41) is 14.3. The number of methoxy groups -OCH3 is 1. The average Bonchev–Trinajstić information content (AvgIpc) is 2.61. The van der Waals surface area contributed by atoms with Gasteiger partial charge in [0.05, 0.1) is 19.0 Å². The summed E-state index contributed by atoms with van der Waals surface area (Å²) in [7, 11) is 1.63. The predicted molar refractivity (Wildman–Crippen MR) is 92.4 cm³/mol. The number of hydrogen-bond acceptors (Lipinski definition) is 7. The van der Waals surface area contributed by atoms with Crippen molar-refractivity contribution in [3.8, 4) is 5.75 Å². The van der Waals surface area contributed by atoms with Gasteiger partial charge in [-0.3, -0.25) is 4.98 Å². The third-order valence-corrected chi connectivity index (χ3v) is 3.36. The van der Waals surface area contributed by atoms with Gasteiger partial charge in [-0.2, -0.15) is 10.1 Å². The first-order chi connectivity index (χ1) is 11.7. The second-order valence-electron chi connectivity index (χ2n) is 5.21. The molecule has 7 nitrogen and oxygen atoms in total. The highest BCUT2D eigenvalue weighted by molar-refractivity contribution is 5.63. The maximum absolute atomic E-state index is 5.35. The minimum atomic E-state index is 0.398. The van der Waals surface area contributed by atoms with Crippen LogP contribution in [0.3, 0.4) is 0 Å². The highest BCUT2D eigenvalue weighted by Crippen LogP contribution is 2.27. The predicted octanol–water partition coefficient (Wildman–Crippen LogP) is 2.94. The summed E-state index contributed by atoms with van der Waals surface area (Å²) in [4.78, 5) is 8.50. The molecular weight excluding hydrogens is 304 g/mol. The smallest absolute Gasteiger partial charge is 0.249 e. The van der Waals surface area contributed by atoms with Crippen molar-refractivity contribution < 1.29 is 4.74 Å². The van der Waals surface area contributed by atoms with E-state index in [1.165, 1.54) is 0 Å². The second-order valence-corrected chi connectivity index (χ2v) is 5.21. The SMILES string of the molecule is COc1ccc(C)cc1Nc1nncc(NCc2cccnc2)n1. The van der Waals surface area contributed by atoms with Gasteiger partial charge >= 0.3 is 0 Å². The van der Waals surface area contributed by atoms with Gasteiger partial charge in [-0.1, -0.05) is 12.1 Å². The largest absolute Gasteiger partial charge is 0.495 e. The zero-order valence-electron chi connectivity index (χ0n) is 13.5. The highest BCUT2D eigenvalue weighted by Gasteiger charge is 2.07. The van der Waals surface area contributed by atoms with Crippen LogP contribution in [0.15, 0.2) is 48.9 Å². The first-order valence-electron chi connectivity index (χ1n) is 7.49. The molecule has 0 saturated heterocycles. The molecule has 3 aromatic rings. The average molecular weight is 322 g/mol. The van der Waals surface area contributed by atoms with Gasteiger partial charge in [0, 0.05) is 18.9 Å². The normalized spacial score (nSPS) is 10.2. The molecule has 0 fully saturated rings. The Morgan fingerprint density at radius 3 is 2.88 bits per heavy atom. The molecule has 24 heavy (non-hydrogen) atoms. The summed E-state index contributed by atoms with van der Waals surface area (Å²) in [6, 6.07) is 9.74. The van der Waals surface area contributed by atoms with Crippen molar-refractivity contribution in [2.45, 2.75) is 13.5 Å². The van der Waals surface area contributed by atoms with E-state index in [4.69, 9.17) is 4.74 Å². The van der Waals surface area contributed by atoms with Crippen LogP contribution in [0, 0.1) is 6.92 Å². The quantitative estimate of drug-likeness (QED) is 0.721. The van der Waals surface area contributed by atoms with Gasteiger partial charge in [-0.15, -0.1) is 5.10 Å². The zero-order chi connectivity index (χ0) is 16.8. The number of aryl methyl sites for hydroxylation is 1. The van der Waals surface area contributed by atoms with Gasteiger partial charge in [-0.25, -0.2) is 0 Å². The third kappa shape index (κ3) is 3.95. The number of ether oxygens (including phenoxy) is 1. The molecule has 2 aromatic heterocycles. The lowest BCUT2D eigenvalue weighted by Crippen LogP contribution is -2.06. The molecule has 2 N–H and O–H groups in total. The molecule has 0 atom stereocenters. The standard InChI is InChI=1S/C17H18N6O/c1-12-5-6-15(24-2)14(8-12)21-17-22-16(11-20-23-17)19-10-13-4-3-7-18-9-13/h3-9,11H,10H2,1-2H3,(H2,19,21,22,23). The van der Waals surface area contributed by atoms with Crippen molar-refractivity contribution >= 4 is 17.5 Å². The fraction of sp³-hybridized carbons (Fsp3) is 0.176. The first kappa shape index (κ1) is 15.7. The number of benzene rings is 1. The Bertz CT molecular complexity index is 809. The highest BCUT2D eigenvalue weighted by atomic mass is 16.5. The van der Waals surface area contributed by atoms with Crippen LogP contribution in [0.2, 0.25) is 0 Å². The van der Waals surface area contributed by atoms with Crippen LogP contribution in [0.25, 0.3) is 0 Å². The van der Waals surface area contributed by atoms with E-state index in [1.807, 2.05) is 37.3 Å². The summed E-state index contributed by atoms with van der Waals surface area (Å²) < 4.78 is 5.35. The lowest BCUT2D eigenvalue weighted by molar-refractivity contribution is 0.416. The molecule has 3 rings (SSSR count). The number of nitrogens with zero attached hydrogens (tertiary/aromatic N) is 4. The third-order valence-electron chi connectivity index (χ3n) is 3.36. The molecule has 1 aromatic carbocycles. The maximum Gasteiger partial charge on any atom is 0.249 e. The van der Waals surface area contributed by atoms with Crippen LogP contribution >= 0.6 is 0 Å². The Balaban J connectivity index is 1.72.